The van der Waals surface area contributed by atoms with Crippen molar-refractivity contribution in [3.8, 4) is 11.3 Å². The van der Waals surface area contributed by atoms with Gasteiger partial charge in [0.15, 0.2) is 0 Å². The summed E-state index contributed by atoms with van der Waals surface area (Å²) in [5.41, 5.74) is 2.28. The van der Waals surface area contributed by atoms with E-state index in [1.54, 1.807) is 47.4 Å². The Hall–Kier alpha value is -3.42. The number of nitrogens with zero attached hydrogens (tertiary/aromatic N) is 4. The lowest BCUT2D eigenvalue weighted by atomic mass is 10.1. The van der Waals surface area contributed by atoms with Gasteiger partial charge in [-0.05, 0) is 36.4 Å². The summed E-state index contributed by atoms with van der Waals surface area (Å²) in [5.74, 6) is 0. The molecule has 0 amide bonds. The van der Waals surface area contributed by atoms with E-state index in [0.717, 1.165) is 17.7 Å². The topological polar surface area (TPSA) is 55.1 Å². The van der Waals surface area contributed by atoms with Crippen molar-refractivity contribution >= 4 is 16.9 Å². The predicted octanol–water partition coefficient (Wildman–Crippen LogP) is 4.55. The lowest BCUT2D eigenvalue weighted by Gasteiger charge is -2.11. The summed E-state index contributed by atoms with van der Waals surface area (Å²) >= 11 is 0. The van der Waals surface area contributed by atoms with Gasteiger partial charge in [-0.3, -0.25) is 4.98 Å². The van der Waals surface area contributed by atoms with Gasteiger partial charge in [-0.25, -0.2) is 9.50 Å². The number of anilines is 2. The second kappa shape index (κ2) is 6.14. The van der Waals surface area contributed by atoms with E-state index in [0.29, 0.717) is 22.6 Å². The van der Waals surface area contributed by atoms with Crippen LogP contribution in [0.4, 0.5) is 24.5 Å². The standard InChI is InChI=1S/C18H12F3N5/c19-18(20,21)13-2-1-3-14(10-13)24-17-15-6-9-23-11-26(15)25-16(17)12-4-7-22-8-5-12/h1-11,24H. The molecule has 8 heteroatoms. The molecular formula is C18H12F3N5. The van der Waals surface area contributed by atoms with E-state index in [4.69, 9.17) is 0 Å². The third-order valence-corrected chi connectivity index (χ3v) is 3.86. The number of rotatable bonds is 3. The molecule has 0 fully saturated rings. The number of alkyl halides is 3. The van der Waals surface area contributed by atoms with Gasteiger partial charge in [0.05, 0.1) is 16.8 Å². The monoisotopic (exact) mass is 355 g/mol. The van der Waals surface area contributed by atoms with Crippen molar-refractivity contribution in [1.82, 2.24) is 19.6 Å². The quantitative estimate of drug-likeness (QED) is 0.586. The molecule has 0 unspecified atom stereocenters. The van der Waals surface area contributed by atoms with Gasteiger partial charge in [0.1, 0.15) is 12.0 Å². The maximum Gasteiger partial charge on any atom is 0.416 e. The fraction of sp³-hybridized carbons (Fsp3) is 0.0556. The molecule has 0 bridgehead atoms. The summed E-state index contributed by atoms with van der Waals surface area (Å²) in [4.78, 5) is 8.01. The summed E-state index contributed by atoms with van der Waals surface area (Å²) in [6, 6.07) is 10.4. The van der Waals surface area contributed by atoms with Crippen molar-refractivity contribution in [3.63, 3.8) is 0 Å². The zero-order valence-corrected chi connectivity index (χ0v) is 13.3. The van der Waals surface area contributed by atoms with E-state index in [9.17, 15) is 13.2 Å². The Morgan fingerprint density at radius 1 is 0.923 bits per heavy atom. The molecule has 0 atom stereocenters. The molecule has 0 aliphatic carbocycles. The first kappa shape index (κ1) is 16.1. The first-order chi connectivity index (χ1) is 12.5. The minimum Gasteiger partial charge on any atom is -0.352 e. The van der Waals surface area contributed by atoms with E-state index in [1.807, 2.05) is 0 Å². The van der Waals surface area contributed by atoms with E-state index < -0.39 is 11.7 Å². The van der Waals surface area contributed by atoms with Crippen LogP contribution in [0.5, 0.6) is 0 Å². The zero-order chi connectivity index (χ0) is 18.1. The van der Waals surface area contributed by atoms with Crippen molar-refractivity contribution in [3.05, 3.63) is 72.9 Å². The van der Waals surface area contributed by atoms with Gasteiger partial charge in [-0.15, -0.1) is 0 Å². The number of hydrogen-bond donors (Lipinski definition) is 1. The minimum atomic E-state index is -4.41. The van der Waals surface area contributed by atoms with Crippen molar-refractivity contribution in [2.45, 2.75) is 6.18 Å². The number of benzene rings is 1. The van der Waals surface area contributed by atoms with Crippen LogP contribution in [0.2, 0.25) is 0 Å². The second-order valence-corrected chi connectivity index (χ2v) is 5.57. The van der Waals surface area contributed by atoms with Crippen molar-refractivity contribution < 1.29 is 13.2 Å². The molecule has 0 saturated carbocycles. The number of aromatic nitrogens is 4. The smallest absolute Gasteiger partial charge is 0.352 e. The van der Waals surface area contributed by atoms with E-state index in [2.05, 4.69) is 20.4 Å². The Kier molecular flexibility index (Phi) is 3.80. The second-order valence-electron chi connectivity index (χ2n) is 5.57. The Bertz CT molecular complexity index is 1060. The van der Waals surface area contributed by atoms with Crippen LogP contribution in [-0.2, 0) is 6.18 Å². The number of nitrogens with one attached hydrogen (secondary N) is 1. The maximum atomic E-state index is 13.0. The first-order valence-electron chi connectivity index (χ1n) is 7.69. The highest BCUT2D eigenvalue weighted by Gasteiger charge is 2.30. The molecule has 0 spiro atoms. The van der Waals surface area contributed by atoms with E-state index >= 15 is 0 Å². The molecule has 26 heavy (non-hydrogen) atoms. The van der Waals surface area contributed by atoms with Gasteiger partial charge in [0.25, 0.3) is 0 Å². The van der Waals surface area contributed by atoms with Gasteiger partial charge in [0.2, 0.25) is 0 Å². The van der Waals surface area contributed by atoms with Crippen molar-refractivity contribution in [2.75, 3.05) is 5.32 Å². The third kappa shape index (κ3) is 2.97. The summed E-state index contributed by atoms with van der Waals surface area (Å²) in [7, 11) is 0. The fourth-order valence-corrected chi connectivity index (χ4v) is 2.66. The number of fused-ring (bicyclic) bond motifs is 1. The van der Waals surface area contributed by atoms with Crippen LogP contribution in [0.1, 0.15) is 5.56 Å². The zero-order valence-electron chi connectivity index (χ0n) is 13.3. The molecule has 130 valence electrons. The predicted molar refractivity (Wildman–Crippen MR) is 90.9 cm³/mol. The van der Waals surface area contributed by atoms with E-state index in [-0.39, 0.29) is 0 Å². The highest BCUT2D eigenvalue weighted by molar-refractivity contribution is 5.89. The SMILES string of the molecule is FC(F)(F)c1cccc(Nc2c(-c3ccncc3)nn3cnccc23)c1. The number of pyridine rings is 1. The number of halogens is 3. The average molecular weight is 355 g/mol. The fourth-order valence-electron chi connectivity index (χ4n) is 2.66. The van der Waals surface area contributed by atoms with Gasteiger partial charge >= 0.3 is 6.18 Å². The van der Waals surface area contributed by atoms with Gasteiger partial charge in [-0.1, -0.05) is 6.07 Å². The maximum absolute atomic E-state index is 13.0. The average Bonchev–Trinajstić information content (AvgIpc) is 3.01. The molecule has 1 aromatic carbocycles. The molecule has 0 aliphatic heterocycles. The molecule has 3 heterocycles. The normalized spacial score (nSPS) is 11.7. The van der Waals surface area contributed by atoms with E-state index in [1.165, 1.54) is 12.4 Å². The molecule has 1 N–H and O–H groups in total. The molecule has 3 aromatic heterocycles. The summed E-state index contributed by atoms with van der Waals surface area (Å²) in [5, 5.41) is 7.57. The highest BCUT2D eigenvalue weighted by atomic mass is 19.4. The van der Waals surface area contributed by atoms with Crippen LogP contribution >= 0.6 is 0 Å². The molecule has 4 aromatic rings. The largest absolute Gasteiger partial charge is 0.416 e. The summed E-state index contributed by atoms with van der Waals surface area (Å²) in [6.45, 7) is 0. The molecule has 4 rings (SSSR count). The molecule has 0 saturated heterocycles. The lowest BCUT2D eigenvalue weighted by molar-refractivity contribution is -0.137. The van der Waals surface area contributed by atoms with Crippen LogP contribution in [0.3, 0.4) is 0 Å². The Morgan fingerprint density at radius 2 is 1.69 bits per heavy atom. The highest BCUT2D eigenvalue weighted by Crippen LogP contribution is 2.35. The summed E-state index contributed by atoms with van der Waals surface area (Å²) in [6.07, 6.45) is 2.00. The van der Waals surface area contributed by atoms with Crippen LogP contribution in [-0.4, -0.2) is 19.6 Å². The Labute approximate surface area is 146 Å². The molecular weight excluding hydrogens is 343 g/mol. The summed E-state index contributed by atoms with van der Waals surface area (Å²) < 4.78 is 40.5. The molecule has 0 radical (unpaired) electrons. The van der Waals surface area contributed by atoms with Crippen LogP contribution in [0.25, 0.3) is 16.8 Å². The molecule has 0 aliphatic rings. The Morgan fingerprint density at radius 3 is 2.46 bits per heavy atom. The van der Waals surface area contributed by atoms with Gasteiger partial charge < -0.3 is 5.32 Å². The van der Waals surface area contributed by atoms with Gasteiger partial charge in [-0.2, -0.15) is 18.3 Å². The van der Waals surface area contributed by atoms with Crippen LogP contribution in [0, 0.1) is 0 Å². The van der Waals surface area contributed by atoms with Crippen molar-refractivity contribution in [2.24, 2.45) is 0 Å². The van der Waals surface area contributed by atoms with Gasteiger partial charge in [0, 0.05) is 29.8 Å². The lowest BCUT2D eigenvalue weighted by Crippen LogP contribution is -2.05. The Balaban J connectivity index is 1.84. The van der Waals surface area contributed by atoms with Crippen molar-refractivity contribution in [1.29, 1.82) is 0 Å². The van der Waals surface area contributed by atoms with Crippen LogP contribution in [0.15, 0.2) is 67.4 Å². The minimum absolute atomic E-state index is 0.321. The third-order valence-electron chi connectivity index (χ3n) is 3.86. The van der Waals surface area contributed by atoms with Crippen LogP contribution < -0.4 is 5.32 Å². The first-order valence-corrected chi connectivity index (χ1v) is 7.69. The molecule has 5 nitrogen and oxygen atoms in total. The number of hydrogen-bond acceptors (Lipinski definition) is 4.